The third kappa shape index (κ3) is 5.72. The number of hydrogen-bond acceptors (Lipinski definition) is 4. The van der Waals surface area contributed by atoms with E-state index in [9.17, 15) is 65.5 Å². The fourth-order valence-corrected chi connectivity index (χ4v) is 3.25. The van der Waals surface area contributed by atoms with Gasteiger partial charge in [-0.1, -0.05) is 0 Å². The van der Waals surface area contributed by atoms with Crippen LogP contribution in [0.2, 0.25) is 0 Å². The van der Waals surface area contributed by atoms with Gasteiger partial charge in [0, 0.05) is 5.56 Å². The molecule has 0 radical (unpaired) electrons. The van der Waals surface area contributed by atoms with Crippen molar-refractivity contribution in [1.29, 1.82) is 0 Å². The molecule has 1 aromatic rings. The van der Waals surface area contributed by atoms with Crippen LogP contribution in [0.3, 0.4) is 0 Å². The number of nitrogens with one attached hydrogen (secondary N) is 1. The lowest BCUT2D eigenvalue weighted by Gasteiger charge is -2.38. The maximum Gasteiger partial charge on any atom is 0.460 e. The topological polar surface area (TPSA) is 57.0 Å². The van der Waals surface area contributed by atoms with Crippen LogP contribution in [0.15, 0.2) is 24.3 Å². The summed E-state index contributed by atoms with van der Waals surface area (Å²) in [5.41, 5.74) is 0.304. The molecule has 212 valence electrons. The standard InChI is InChI=1S/C16H14F13NO4S.ClH/c1-3-33-30(2)8-9-4-6-10(7-5-9)34-35(31,32)16(28,29)14(23,24)12(19,20)11(17,18)13(21,22)15(25,26)27;/h4-7H,3,8H2,1-2H3;1H. The second-order valence-corrected chi connectivity index (χ2v) is 8.39. The molecule has 0 saturated heterocycles. The second-order valence-electron chi connectivity index (χ2n) is 6.81. The van der Waals surface area contributed by atoms with E-state index >= 15 is 0 Å². The molecular formula is C16H15ClF13NO4S. The highest BCUT2D eigenvalue weighted by atomic mass is 35.5. The van der Waals surface area contributed by atoms with E-state index in [1.807, 2.05) is 0 Å². The molecule has 0 saturated carbocycles. The van der Waals surface area contributed by atoms with Crippen molar-refractivity contribution in [3.8, 4) is 5.75 Å². The van der Waals surface area contributed by atoms with Gasteiger partial charge in [0.1, 0.15) is 18.9 Å². The number of halogens is 14. The van der Waals surface area contributed by atoms with Crippen LogP contribution in [-0.2, 0) is 21.5 Å². The molecule has 1 N–H and O–H groups in total. The first-order valence-electron chi connectivity index (χ1n) is 8.84. The van der Waals surface area contributed by atoms with E-state index in [0.717, 1.165) is 12.1 Å². The number of rotatable bonds is 11. The van der Waals surface area contributed by atoms with E-state index in [2.05, 4.69) is 4.18 Å². The van der Waals surface area contributed by atoms with Crippen molar-refractivity contribution < 1.29 is 92.0 Å². The van der Waals surface area contributed by atoms with Crippen molar-refractivity contribution in [2.24, 2.45) is 0 Å². The predicted octanol–water partition coefficient (Wildman–Crippen LogP) is 1.06. The number of hydrogen-bond donors (Lipinski definition) is 1. The van der Waals surface area contributed by atoms with Gasteiger partial charge in [-0.25, -0.2) is 4.84 Å². The van der Waals surface area contributed by atoms with Gasteiger partial charge in [-0.3, -0.25) is 0 Å². The number of benzene rings is 1. The van der Waals surface area contributed by atoms with Crippen molar-refractivity contribution in [2.45, 2.75) is 48.6 Å². The van der Waals surface area contributed by atoms with Crippen LogP contribution in [0.5, 0.6) is 5.75 Å². The number of quaternary nitrogens is 1. The van der Waals surface area contributed by atoms with Gasteiger partial charge < -0.3 is 16.6 Å². The summed E-state index contributed by atoms with van der Waals surface area (Å²) in [6, 6.07) is 3.03. The molecule has 0 fully saturated rings. The monoisotopic (exact) mass is 599 g/mol. The molecule has 0 aliphatic heterocycles. The molecule has 1 aromatic carbocycles. The fourth-order valence-electron chi connectivity index (χ4n) is 2.34. The molecule has 0 bridgehead atoms. The molecule has 0 heterocycles. The van der Waals surface area contributed by atoms with Gasteiger partial charge in [-0.15, -0.1) is 0 Å². The van der Waals surface area contributed by atoms with Crippen LogP contribution in [0, 0.1) is 0 Å². The van der Waals surface area contributed by atoms with Crippen molar-refractivity contribution >= 4 is 10.1 Å². The van der Waals surface area contributed by atoms with Gasteiger partial charge in [-0.05, 0) is 31.2 Å². The minimum absolute atomic E-state index is 0. The highest BCUT2D eigenvalue weighted by molar-refractivity contribution is 7.88. The zero-order valence-corrected chi connectivity index (χ0v) is 19.1. The third-order valence-corrected chi connectivity index (χ3v) is 5.49. The Bertz CT molecular complexity index is 985. The van der Waals surface area contributed by atoms with E-state index in [1.54, 1.807) is 6.92 Å². The van der Waals surface area contributed by atoms with Gasteiger partial charge in [0.2, 0.25) is 0 Å². The first kappa shape index (κ1) is 34.3. The van der Waals surface area contributed by atoms with E-state index in [1.165, 1.54) is 7.05 Å². The Labute approximate surface area is 200 Å². The lowest BCUT2D eigenvalue weighted by molar-refractivity contribution is -1.09. The van der Waals surface area contributed by atoms with Crippen LogP contribution in [0.25, 0.3) is 0 Å². The molecule has 0 spiro atoms. The smallest absolute Gasteiger partial charge is 0.460 e. The summed E-state index contributed by atoms with van der Waals surface area (Å²) >= 11 is 0. The number of alkyl halides is 13. The minimum Gasteiger partial charge on any atom is -1.00 e. The van der Waals surface area contributed by atoms with Gasteiger partial charge in [-0.2, -0.15) is 70.6 Å². The summed E-state index contributed by atoms with van der Waals surface area (Å²) in [7, 11) is -5.88. The van der Waals surface area contributed by atoms with Gasteiger partial charge in [0.05, 0.1) is 7.05 Å². The number of hydroxylamine groups is 2. The van der Waals surface area contributed by atoms with Crippen LogP contribution in [-0.4, -0.2) is 57.2 Å². The van der Waals surface area contributed by atoms with Crippen LogP contribution in [0.4, 0.5) is 57.1 Å². The predicted molar refractivity (Wildman–Crippen MR) is 89.0 cm³/mol. The largest absolute Gasteiger partial charge is 1.00 e. The van der Waals surface area contributed by atoms with Crippen molar-refractivity contribution in [3.63, 3.8) is 0 Å². The molecule has 36 heavy (non-hydrogen) atoms. The summed E-state index contributed by atoms with van der Waals surface area (Å²) in [6.45, 7) is 1.96. The molecule has 0 aliphatic carbocycles. The first-order valence-corrected chi connectivity index (χ1v) is 10.3. The van der Waals surface area contributed by atoms with E-state index < -0.39 is 51.0 Å². The lowest BCUT2D eigenvalue weighted by Crippen LogP contribution is -3.06. The van der Waals surface area contributed by atoms with Gasteiger partial charge >= 0.3 is 45.2 Å². The summed E-state index contributed by atoms with van der Waals surface area (Å²) in [4.78, 5) is 5.09. The van der Waals surface area contributed by atoms with E-state index in [-0.39, 0.29) is 25.6 Å². The molecule has 1 rings (SSSR count). The Kier molecular flexibility index (Phi) is 10.1. The Morgan fingerprint density at radius 2 is 1.17 bits per heavy atom. The molecular weight excluding hydrogens is 585 g/mol. The second kappa shape index (κ2) is 10.6. The van der Waals surface area contributed by atoms with Crippen LogP contribution in [0.1, 0.15) is 12.5 Å². The van der Waals surface area contributed by atoms with E-state index in [4.69, 9.17) is 4.84 Å². The molecule has 0 amide bonds. The Morgan fingerprint density at radius 1 is 0.750 bits per heavy atom. The summed E-state index contributed by atoms with van der Waals surface area (Å²) in [6.07, 6.45) is -7.61. The highest BCUT2D eigenvalue weighted by Gasteiger charge is 2.93. The van der Waals surface area contributed by atoms with Crippen molar-refractivity contribution in [3.05, 3.63) is 29.8 Å². The molecule has 0 aliphatic rings. The van der Waals surface area contributed by atoms with Gasteiger partial charge in [0.15, 0.2) is 0 Å². The zero-order chi connectivity index (χ0) is 27.9. The first-order chi connectivity index (χ1) is 15.4. The SMILES string of the molecule is CCO[NH+](C)Cc1ccc(OS(=O)(=O)C(F)(F)C(F)(F)C(F)(F)C(F)(F)C(F)(F)C(F)(F)F)cc1.[Cl-]. The van der Waals surface area contributed by atoms with Crippen LogP contribution < -0.4 is 21.7 Å². The zero-order valence-electron chi connectivity index (χ0n) is 17.6. The maximum absolute atomic E-state index is 13.9. The molecule has 0 aromatic heterocycles. The average molecular weight is 600 g/mol. The summed E-state index contributed by atoms with van der Waals surface area (Å²) < 4.78 is 197. The summed E-state index contributed by atoms with van der Waals surface area (Å²) in [5.74, 6) is -33.7. The summed E-state index contributed by atoms with van der Waals surface area (Å²) in [5, 5.41) is -7.01. The van der Waals surface area contributed by atoms with Gasteiger partial charge in [0.25, 0.3) is 0 Å². The quantitative estimate of drug-likeness (QED) is 0.235. The Hall–Kier alpha value is -1.73. The van der Waals surface area contributed by atoms with Crippen molar-refractivity contribution in [2.75, 3.05) is 13.7 Å². The minimum atomic E-state index is -8.25. The Balaban J connectivity index is 0.0000122. The molecule has 20 heteroatoms. The lowest BCUT2D eigenvalue weighted by atomic mass is 9.98. The molecule has 1 atom stereocenters. The molecule has 1 unspecified atom stereocenters. The normalized spacial score (nSPS) is 15.3. The third-order valence-electron chi connectivity index (χ3n) is 4.19. The average Bonchev–Trinajstić information content (AvgIpc) is 2.67. The highest BCUT2D eigenvalue weighted by Crippen LogP contribution is 2.61. The Morgan fingerprint density at radius 3 is 1.56 bits per heavy atom. The fraction of sp³-hybridized carbons (Fsp3) is 0.625. The maximum atomic E-state index is 13.9. The van der Waals surface area contributed by atoms with Crippen LogP contribution >= 0.6 is 0 Å². The molecule has 5 nitrogen and oxygen atoms in total. The van der Waals surface area contributed by atoms with E-state index in [0.29, 0.717) is 22.8 Å². The van der Waals surface area contributed by atoms with Crippen molar-refractivity contribution in [1.82, 2.24) is 0 Å².